The number of nitrogens with one attached hydrogen (secondary N) is 1. The Labute approximate surface area is 155 Å². The van der Waals surface area contributed by atoms with Crippen LogP contribution in [-0.2, 0) is 0 Å². The number of rotatable bonds is 3. The first-order chi connectivity index (χ1) is 11.5. The van der Waals surface area contributed by atoms with Crippen molar-refractivity contribution in [2.24, 2.45) is 5.41 Å². The van der Waals surface area contributed by atoms with Gasteiger partial charge in [-0.15, -0.1) is 0 Å². The minimum atomic E-state index is -0.368. The molecule has 0 atom stereocenters. The maximum atomic E-state index is 12.4. The van der Waals surface area contributed by atoms with Gasteiger partial charge in [-0.25, -0.2) is 4.79 Å². The molecule has 0 saturated heterocycles. The van der Waals surface area contributed by atoms with Crippen molar-refractivity contribution in [3.05, 3.63) is 38.9 Å². The van der Waals surface area contributed by atoms with Crippen LogP contribution < -0.4 is 10.9 Å². The molecule has 1 aromatic carbocycles. The number of aryl methyl sites for hydroxylation is 1. The summed E-state index contributed by atoms with van der Waals surface area (Å²) in [6, 6.07) is 5.62. The van der Waals surface area contributed by atoms with E-state index in [9.17, 15) is 4.79 Å². The Hall–Kier alpha value is -1.75. The molecule has 0 fully saturated rings. The minimum absolute atomic E-state index is 0.165. The molecule has 0 radical (unpaired) electrons. The molecule has 1 N–H and O–H groups in total. The average Bonchev–Trinajstić information content (AvgIpc) is 2.73. The fraction of sp³-hybridized carbons (Fsp3) is 0.450. The number of fused-ring (bicyclic) bond motifs is 3. The first kappa shape index (κ1) is 18.1. The molecule has 2 aromatic heterocycles. The van der Waals surface area contributed by atoms with Crippen molar-refractivity contribution in [3.63, 3.8) is 0 Å². The van der Waals surface area contributed by atoms with E-state index in [1.807, 2.05) is 12.1 Å². The van der Waals surface area contributed by atoms with Gasteiger partial charge in [0.2, 0.25) is 5.88 Å². The van der Waals surface area contributed by atoms with E-state index in [4.69, 9.17) is 8.83 Å². The van der Waals surface area contributed by atoms with Gasteiger partial charge in [0.05, 0.1) is 5.39 Å². The standard InChI is InChI=1S/C20H24BrNO3/c1-11-15-16(13-9-12(21)7-8-14(13)25-18(15)23)17(24-11)22-20(5,6)10-19(2,3)4/h7-9,22H,10H2,1-6H3. The molecule has 134 valence electrons. The highest BCUT2D eigenvalue weighted by Crippen LogP contribution is 2.38. The molecule has 2 heterocycles. The van der Waals surface area contributed by atoms with Crippen LogP contribution in [0.15, 0.2) is 36.3 Å². The summed E-state index contributed by atoms with van der Waals surface area (Å²) in [5, 5.41) is 5.66. The average molecular weight is 406 g/mol. The van der Waals surface area contributed by atoms with E-state index < -0.39 is 0 Å². The van der Waals surface area contributed by atoms with Crippen LogP contribution in [-0.4, -0.2) is 5.54 Å². The lowest BCUT2D eigenvalue weighted by Crippen LogP contribution is -2.35. The summed E-state index contributed by atoms with van der Waals surface area (Å²) in [6.07, 6.45) is 0.949. The lowest BCUT2D eigenvalue weighted by atomic mass is 9.82. The van der Waals surface area contributed by atoms with Crippen molar-refractivity contribution < 1.29 is 8.83 Å². The van der Waals surface area contributed by atoms with Crippen molar-refractivity contribution in [2.45, 2.75) is 53.5 Å². The Morgan fingerprint density at radius 1 is 1.08 bits per heavy atom. The highest BCUT2D eigenvalue weighted by atomic mass is 79.9. The predicted octanol–water partition coefficient (Wildman–Crippen LogP) is 6.24. The van der Waals surface area contributed by atoms with E-state index in [-0.39, 0.29) is 16.6 Å². The van der Waals surface area contributed by atoms with Crippen LogP contribution in [0.4, 0.5) is 5.88 Å². The van der Waals surface area contributed by atoms with E-state index in [0.29, 0.717) is 22.6 Å². The molecule has 25 heavy (non-hydrogen) atoms. The molecule has 0 bridgehead atoms. The normalized spacial score (nSPS) is 12.9. The zero-order valence-electron chi connectivity index (χ0n) is 15.5. The topological polar surface area (TPSA) is 55.4 Å². The number of hydrogen-bond acceptors (Lipinski definition) is 4. The van der Waals surface area contributed by atoms with Gasteiger partial charge < -0.3 is 14.2 Å². The van der Waals surface area contributed by atoms with Crippen LogP contribution in [0.5, 0.6) is 0 Å². The largest absolute Gasteiger partial charge is 0.444 e. The van der Waals surface area contributed by atoms with Crippen molar-refractivity contribution in [3.8, 4) is 0 Å². The maximum Gasteiger partial charge on any atom is 0.347 e. The van der Waals surface area contributed by atoms with Gasteiger partial charge in [-0.05, 0) is 50.8 Å². The maximum absolute atomic E-state index is 12.4. The van der Waals surface area contributed by atoms with Crippen LogP contribution in [0.3, 0.4) is 0 Å². The van der Waals surface area contributed by atoms with Gasteiger partial charge in [0, 0.05) is 15.4 Å². The second-order valence-corrected chi connectivity index (χ2v) is 9.43. The molecular formula is C20H24BrNO3. The number of furan rings is 1. The van der Waals surface area contributed by atoms with E-state index in [2.05, 4.69) is 55.9 Å². The summed E-state index contributed by atoms with van der Waals surface area (Å²) >= 11 is 3.50. The molecule has 0 spiro atoms. The van der Waals surface area contributed by atoms with E-state index in [1.54, 1.807) is 13.0 Å². The molecule has 5 heteroatoms. The fourth-order valence-corrected chi connectivity index (χ4v) is 4.11. The lowest BCUT2D eigenvalue weighted by molar-refractivity contribution is 0.299. The quantitative estimate of drug-likeness (QED) is 0.524. The zero-order chi connectivity index (χ0) is 18.6. The molecule has 0 aliphatic rings. The number of anilines is 1. The highest BCUT2D eigenvalue weighted by molar-refractivity contribution is 9.10. The number of benzene rings is 1. The molecule has 0 unspecified atom stereocenters. The summed E-state index contributed by atoms with van der Waals surface area (Å²) in [5.41, 5.74) is 0.160. The second kappa shape index (κ2) is 5.90. The summed E-state index contributed by atoms with van der Waals surface area (Å²) in [7, 11) is 0. The van der Waals surface area contributed by atoms with Crippen LogP contribution in [0.2, 0.25) is 0 Å². The summed E-state index contributed by atoms with van der Waals surface area (Å²) in [5.74, 6) is 1.19. The van der Waals surface area contributed by atoms with Crippen molar-refractivity contribution >= 4 is 43.6 Å². The van der Waals surface area contributed by atoms with Crippen LogP contribution in [0.1, 0.15) is 46.8 Å². The molecule has 4 nitrogen and oxygen atoms in total. The number of hydrogen-bond donors (Lipinski definition) is 1. The van der Waals surface area contributed by atoms with Crippen LogP contribution >= 0.6 is 15.9 Å². The molecule has 0 aliphatic carbocycles. The Kier molecular flexibility index (Phi) is 4.26. The second-order valence-electron chi connectivity index (χ2n) is 8.51. The lowest BCUT2D eigenvalue weighted by Gasteiger charge is -2.33. The van der Waals surface area contributed by atoms with Gasteiger partial charge in [0.25, 0.3) is 0 Å². The summed E-state index contributed by atoms with van der Waals surface area (Å²) in [4.78, 5) is 12.4. The smallest absolute Gasteiger partial charge is 0.347 e. The highest BCUT2D eigenvalue weighted by Gasteiger charge is 2.28. The minimum Gasteiger partial charge on any atom is -0.444 e. The Morgan fingerprint density at radius 2 is 1.76 bits per heavy atom. The van der Waals surface area contributed by atoms with Crippen molar-refractivity contribution in [2.75, 3.05) is 5.32 Å². The Morgan fingerprint density at radius 3 is 2.40 bits per heavy atom. The van der Waals surface area contributed by atoms with E-state index in [1.165, 1.54) is 0 Å². The third-order valence-electron chi connectivity index (χ3n) is 4.13. The van der Waals surface area contributed by atoms with E-state index in [0.717, 1.165) is 21.7 Å². The predicted molar refractivity (Wildman–Crippen MR) is 106 cm³/mol. The molecule has 0 aliphatic heterocycles. The SMILES string of the molecule is Cc1oc(NC(C)(C)CC(C)(C)C)c2c1c(=O)oc1ccc(Br)cc12. The first-order valence-corrected chi connectivity index (χ1v) is 9.20. The first-order valence-electron chi connectivity index (χ1n) is 8.40. The van der Waals surface area contributed by atoms with Crippen molar-refractivity contribution in [1.29, 1.82) is 0 Å². The molecular weight excluding hydrogens is 382 g/mol. The fourth-order valence-electron chi connectivity index (χ4n) is 3.75. The summed E-state index contributed by atoms with van der Waals surface area (Å²) < 4.78 is 12.4. The van der Waals surface area contributed by atoms with E-state index >= 15 is 0 Å². The van der Waals surface area contributed by atoms with Crippen LogP contribution in [0.25, 0.3) is 21.7 Å². The Balaban J connectivity index is 2.24. The molecule has 0 saturated carbocycles. The van der Waals surface area contributed by atoms with Crippen molar-refractivity contribution in [1.82, 2.24) is 0 Å². The zero-order valence-corrected chi connectivity index (χ0v) is 17.1. The van der Waals surface area contributed by atoms with Gasteiger partial charge in [-0.3, -0.25) is 0 Å². The van der Waals surface area contributed by atoms with Gasteiger partial charge in [0.15, 0.2) is 0 Å². The molecule has 3 aromatic rings. The van der Waals surface area contributed by atoms with Gasteiger partial charge in [-0.1, -0.05) is 36.7 Å². The summed E-state index contributed by atoms with van der Waals surface area (Å²) in [6.45, 7) is 12.7. The third-order valence-corrected chi connectivity index (χ3v) is 4.62. The third kappa shape index (κ3) is 3.61. The van der Waals surface area contributed by atoms with Gasteiger partial charge in [-0.2, -0.15) is 0 Å². The van der Waals surface area contributed by atoms with Crippen LogP contribution in [0, 0.1) is 12.3 Å². The molecule has 3 rings (SSSR count). The number of halogens is 1. The monoisotopic (exact) mass is 405 g/mol. The molecule has 0 amide bonds. The Bertz CT molecular complexity index is 1010. The van der Waals surface area contributed by atoms with Gasteiger partial charge >= 0.3 is 5.63 Å². The van der Waals surface area contributed by atoms with Gasteiger partial charge in [0.1, 0.15) is 16.7 Å².